The number of ether oxygens (including phenoxy) is 1. The van der Waals surface area contributed by atoms with Crippen LogP contribution in [0.25, 0.3) is 0 Å². The molecule has 0 aromatic carbocycles. The van der Waals surface area contributed by atoms with E-state index in [1.165, 1.54) is 26.2 Å². The summed E-state index contributed by atoms with van der Waals surface area (Å²) in [6.45, 7) is 5.42. The predicted molar refractivity (Wildman–Crippen MR) is 55.5 cm³/mol. The van der Waals surface area contributed by atoms with Gasteiger partial charge in [-0.15, -0.1) is 0 Å². The van der Waals surface area contributed by atoms with Crippen molar-refractivity contribution in [2.75, 3.05) is 0 Å². The first-order valence-corrected chi connectivity index (χ1v) is 5.31. The van der Waals surface area contributed by atoms with Gasteiger partial charge in [-0.1, -0.05) is 25.2 Å². The zero-order chi connectivity index (χ0) is 10.6. The van der Waals surface area contributed by atoms with Crippen LogP contribution >= 0.6 is 0 Å². The number of carbonyl (C=O) groups excluding carboxylic acids is 1. The van der Waals surface area contributed by atoms with Gasteiger partial charge in [0.1, 0.15) is 0 Å². The normalized spacial score (nSPS) is 25.9. The van der Waals surface area contributed by atoms with Gasteiger partial charge in [0.05, 0.1) is 0 Å². The van der Waals surface area contributed by atoms with Crippen molar-refractivity contribution in [3.05, 3.63) is 0 Å². The monoisotopic (exact) mass is 194 g/mol. The van der Waals surface area contributed by atoms with Crippen LogP contribution in [0.4, 0.5) is 0 Å². The third-order valence-electron chi connectivity index (χ3n) is 2.40. The van der Waals surface area contributed by atoms with Gasteiger partial charge in [-0.25, -0.2) is 0 Å². The average molecular weight is 194 g/mol. The van der Waals surface area contributed by atoms with Crippen molar-refractivity contribution < 1.29 is 9.53 Å². The van der Waals surface area contributed by atoms with Gasteiger partial charge in [0.2, 0.25) is 0 Å². The molecular formula is C12H18O2. The van der Waals surface area contributed by atoms with Crippen molar-refractivity contribution in [2.24, 2.45) is 11.8 Å². The van der Waals surface area contributed by atoms with E-state index in [4.69, 9.17) is 4.74 Å². The molecule has 78 valence electrons. The second-order valence-corrected chi connectivity index (χ2v) is 3.93. The summed E-state index contributed by atoms with van der Waals surface area (Å²) in [6, 6.07) is 0. The highest BCUT2D eigenvalue weighted by atomic mass is 16.5. The van der Waals surface area contributed by atoms with Gasteiger partial charge in [0, 0.05) is 12.8 Å². The summed E-state index contributed by atoms with van der Waals surface area (Å²) in [5.41, 5.74) is 0. The van der Waals surface area contributed by atoms with Crippen molar-refractivity contribution in [3.63, 3.8) is 0 Å². The summed E-state index contributed by atoms with van der Waals surface area (Å²) in [6.07, 6.45) is 3.49. The zero-order valence-corrected chi connectivity index (χ0v) is 9.17. The molecule has 0 spiro atoms. The Morgan fingerprint density at radius 2 is 2.36 bits per heavy atom. The topological polar surface area (TPSA) is 26.3 Å². The Labute approximate surface area is 86.0 Å². The molecule has 1 aliphatic carbocycles. The van der Waals surface area contributed by atoms with E-state index in [2.05, 4.69) is 18.8 Å². The molecule has 3 atom stereocenters. The van der Waals surface area contributed by atoms with Crippen LogP contribution in [-0.2, 0) is 9.53 Å². The van der Waals surface area contributed by atoms with Gasteiger partial charge in [0.15, 0.2) is 6.10 Å². The Bertz CT molecular complexity index is 259. The first-order chi connectivity index (χ1) is 6.63. The van der Waals surface area contributed by atoms with E-state index in [-0.39, 0.29) is 12.1 Å². The maximum absolute atomic E-state index is 10.6. The molecule has 14 heavy (non-hydrogen) atoms. The van der Waals surface area contributed by atoms with Gasteiger partial charge >= 0.3 is 5.97 Å². The van der Waals surface area contributed by atoms with E-state index in [0.717, 1.165) is 5.92 Å². The van der Waals surface area contributed by atoms with E-state index in [1.54, 1.807) is 0 Å². The third kappa shape index (κ3) is 3.83. The van der Waals surface area contributed by atoms with E-state index in [0.29, 0.717) is 5.92 Å². The molecule has 0 saturated heterocycles. The molecule has 1 unspecified atom stereocenters. The summed E-state index contributed by atoms with van der Waals surface area (Å²) in [5, 5.41) is 0. The van der Waals surface area contributed by atoms with Crippen LogP contribution in [0.1, 0.15) is 40.0 Å². The zero-order valence-electron chi connectivity index (χ0n) is 9.17. The quantitative estimate of drug-likeness (QED) is 0.509. The molecule has 0 bridgehead atoms. The average Bonchev–Trinajstić information content (AvgIpc) is 2.80. The molecule has 0 N–H and O–H groups in total. The third-order valence-corrected chi connectivity index (χ3v) is 2.40. The van der Waals surface area contributed by atoms with Crippen LogP contribution < -0.4 is 0 Å². The van der Waals surface area contributed by atoms with E-state index >= 15 is 0 Å². The van der Waals surface area contributed by atoms with Crippen LogP contribution in [0.2, 0.25) is 0 Å². The highest BCUT2D eigenvalue weighted by Gasteiger charge is 2.34. The maximum Gasteiger partial charge on any atom is 0.303 e. The molecule has 1 aliphatic rings. The summed E-state index contributed by atoms with van der Waals surface area (Å²) in [7, 11) is 0. The van der Waals surface area contributed by atoms with Crippen molar-refractivity contribution in [1.29, 1.82) is 0 Å². The first-order valence-electron chi connectivity index (χ1n) is 5.31. The lowest BCUT2D eigenvalue weighted by molar-refractivity contribution is -0.143. The molecule has 0 aromatic heterocycles. The maximum atomic E-state index is 10.6. The lowest BCUT2D eigenvalue weighted by Gasteiger charge is -2.02. The smallest absolute Gasteiger partial charge is 0.303 e. The predicted octanol–water partition coefficient (Wildman–Crippen LogP) is 2.38. The fraction of sp³-hybridized carbons (Fsp3) is 0.750. The van der Waals surface area contributed by atoms with Crippen LogP contribution in [0.5, 0.6) is 0 Å². The first kappa shape index (κ1) is 11.1. The van der Waals surface area contributed by atoms with Crippen LogP contribution in [-0.4, -0.2) is 12.1 Å². The Hall–Kier alpha value is -0.970. The summed E-state index contributed by atoms with van der Waals surface area (Å²) in [5.74, 6) is 7.25. The Morgan fingerprint density at radius 3 is 2.93 bits per heavy atom. The molecule has 0 amide bonds. The summed E-state index contributed by atoms with van der Waals surface area (Å²) in [4.78, 5) is 10.6. The number of rotatable bonds is 3. The Balaban J connectivity index is 2.24. The number of carbonyl (C=O) groups is 1. The van der Waals surface area contributed by atoms with Gasteiger partial charge in [-0.05, 0) is 25.7 Å². The van der Waals surface area contributed by atoms with Crippen LogP contribution in [0.3, 0.4) is 0 Å². The molecular weight excluding hydrogens is 176 g/mol. The second kappa shape index (κ2) is 5.05. The number of esters is 1. The number of hydrogen-bond acceptors (Lipinski definition) is 2. The van der Waals surface area contributed by atoms with Crippen LogP contribution in [0.15, 0.2) is 0 Å². The SMILES string of the molecule is CCC[C@H]1C[C@@H]1C#CC(C)OC(C)=O. The molecule has 0 aliphatic heterocycles. The lowest BCUT2D eigenvalue weighted by Crippen LogP contribution is -2.09. The largest absolute Gasteiger partial charge is 0.450 e. The molecule has 0 radical (unpaired) electrons. The highest BCUT2D eigenvalue weighted by molar-refractivity contribution is 5.66. The van der Waals surface area contributed by atoms with Crippen LogP contribution in [0, 0.1) is 23.7 Å². The lowest BCUT2D eigenvalue weighted by atomic mass is 10.2. The number of hydrogen-bond donors (Lipinski definition) is 0. The minimum absolute atomic E-state index is 0.254. The minimum Gasteiger partial charge on any atom is -0.450 e. The standard InChI is InChI=1S/C12H18O2/c1-4-5-11-8-12(11)7-6-9(2)14-10(3)13/h9,11-12H,4-5,8H2,1-3H3/t9?,11-,12-/m0/s1. The fourth-order valence-electron chi connectivity index (χ4n) is 1.62. The van der Waals surface area contributed by atoms with E-state index in [9.17, 15) is 4.79 Å². The van der Waals surface area contributed by atoms with Gasteiger partial charge in [-0.2, -0.15) is 0 Å². The summed E-state index contributed by atoms with van der Waals surface area (Å²) < 4.78 is 4.91. The van der Waals surface area contributed by atoms with Gasteiger partial charge in [-0.3, -0.25) is 4.79 Å². The molecule has 2 nitrogen and oxygen atoms in total. The van der Waals surface area contributed by atoms with Crippen molar-refractivity contribution in [2.45, 2.75) is 46.1 Å². The van der Waals surface area contributed by atoms with Crippen molar-refractivity contribution in [1.82, 2.24) is 0 Å². The molecule has 1 rings (SSSR count). The van der Waals surface area contributed by atoms with E-state index in [1.807, 2.05) is 6.92 Å². The molecule has 0 heterocycles. The molecule has 1 fully saturated rings. The molecule has 2 heteroatoms. The van der Waals surface area contributed by atoms with Crippen molar-refractivity contribution in [3.8, 4) is 11.8 Å². The molecule has 1 saturated carbocycles. The highest BCUT2D eigenvalue weighted by Crippen LogP contribution is 2.41. The van der Waals surface area contributed by atoms with E-state index < -0.39 is 0 Å². The van der Waals surface area contributed by atoms with Crippen molar-refractivity contribution >= 4 is 5.97 Å². The van der Waals surface area contributed by atoms with Gasteiger partial charge in [0.25, 0.3) is 0 Å². The Kier molecular flexibility index (Phi) is 4.00. The fourth-order valence-corrected chi connectivity index (χ4v) is 1.62. The Morgan fingerprint density at radius 1 is 1.64 bits per heavy atom. The minimum atomic E-state index is -0.257. The van der Waals surface area contributed by atoms with Gasteiger partial charge < -0.3 is 4.74 Å². The molecule has 0 aromatic rings. The second-order valence-electron chi connectivity index (χ2n) is 3.93. The summed E-state index contributed by atoms with van der Waals surface area (Å²) >= 11 is 0.